The largest absolute Gasteiger partial charge is 0.497 e. The van der Waals surface area contributed by atoms with Gasteiger partial charge in [-0.05, 0) is 36.2 Å². The van der Waals surface area contributed by atoms with Crippen molar-refractivity contribution in [2.24, 2.45) is 0 Å². The van der Waals surface area contributed by atoms with Crippen molar-refractivity contribution in [3.63, 3.8) is 0 Å². The fourth-order valence-electron chi connectivity index (χ4n) is 4.98. The van der Waals surface area contributed by atoms with E-state index in [0.29, 0.717) is 57.3 Å². The maximum absolute atomic E-state index is 13.8. The van der Waals surface area contributed by atoms with Crippen LogP contribution in [0.25, 0.3) is 0 Å². The molecule has 3 heterocycles. The number of urea groups is 2. The molecule has 3 aliphatic rings. The third-order valence-electron chi connectivity index (χ3n) is 6.73. The van der Waals surface area contributed by atoms with E-state index in [0.717, 1.165) is 5.56 Å². The molecular weight excluding hydrogens is 436 g/mol. The van der Waals surface area contributed by atoms with Gasteiger partial charge in [0.1, 0.15) is 11.8 Å². The highest BCUT2D eigenvalue weighted by atomic mass is 16.5. The first-order valence-corrected chi connectivity index (χ1v) is 11.5. The molecule has 9 nitrogen and oxygen atoms in total. The molecule has 0 unspecified atom stereocenters. The van der Waals surface area contributed by atoms with Gasteiger partial charge < -0.3 is 24.2 Å². The molecule has 34 heavy (non-hydrogen) atoms. The summed E-state index contributed by atoms with van der Waals surface area (Å²) in [4.78, 5) is 47.1. The standard InChI is InChI=1S/C25H28N4O5/c1-33-20-9-7-19(8-10-20)29-23(30)22-21(28(25(29)32)17-18-5-3-2-4-6-18)11-12-27(22)24(31)26-13-15-34-16-14-26/h2-10,21-22H,11-17H2,1H3/t21-,22-/m1/s1. The van der Waals surface area contributed by atoms with Crippen molar-refractivity contribution >= 4 is 23.7 Å². The summed E-state index contributed by atoms with van der Waals surface area (Å²) < 4.78 is 10.6. The molecule has 0 spiro atoms. The van der Waals surface area contributed by atoms with Crippen LogP contribution in [-0.4, -0.2) is 84.7 Å². The van der Waals surface area contributed by atoms with Crippen LogP contribution in [0.3, 0.4) is 0 Å². The average Bonchev–Trinajstić information content (AvgIpc) is 3.33. The lowest BCUT2D eigenvalue weighted by Gasteiger charge is -2.44. The molecule has 5 rings (SSSR count). The second-order valence-corrected chi connectivity index (χ2v) is 8.64. The Morgan fingerprint density at radius 1 is 1.00 bits per heavy atom. The van der Waals surface area contributed by atoms with Gasteiger partial charge in [-0.3, -0.25) is 4.79 Å². The van der Waals surface area contributed by atoms with Gasteiger partial charge in [0, 0.05) is 26.2 Å². The molecule has 0 radical (unpaired) electrons. The van der Waals surface area contributed by atoms with Crippen LogP contribution in [0.4, 0.5) is 15.3 Å². The molecule has 0 N–H and O–H groups in total. The Morgan fingerprint density at radius 2 is 1.71 bits per heavy atom. The molecule has 178 valence electrons. The van der Waals surface area contributed by atoms with Crippen LogP contribution in [0.5, 0.6) is 5.75 Å². The first-order valence-electron chi connectivity index (χ1n) is 11.5. The zero-order chi connectivity index (χ0) is 23.7. The van der Waals surface area contributed by atoms with Gasteiger partial charge in [-0.15, -0.1) is 0 Å². The first kappa shape index (κ1) is 22.2. The minimum atomic E-state index is -0.737. The number of nitrogens with zero attached hydrogens (tertiary/aromatic N) is 4. The minimum Gasteiger partial charge on any atom is -0.497 e. The number of amides is 5. The van der Waals surface area contributed by atoms with Gasteiger partial charge >= 0.3 is 12.1 Å². The second-order valence-electron chi connectivity index (χ2n) is 8.64. The lowest BCUT2D eigenvalue weighted by Crippen LogP contribution is -2.66. The summed E-state index contributed by atoms with van der Waals surface area (Å²) in [5, 5.41) is 0. The van der Waals surface area contributed by atoms with Crippen LogP contribution in [0.2, 0.25) is 0 Å². The van der Waals surface area contributed by atoms with Crippen LogP contribution in [0.1, 0.15) is 12.0 Å². The number of likely N-dealkylation sites (tertiary alicyclic amines) is 1. The molecule has 2 aromatic rings. The number of carbonyl (C=O) groups is 3. The van der Waals surface area contributed by atoms with E-state index in [-0.39, 0.29) is 24.0 Å². The summed E-state index contributed by atoms with van der Waals surface area (Å²) in [5.74, 6) is 0.258. The topological polar surface area (TPSA) is 82.6 Å². The first-order chi connectivity index (χ1) is 16.6. The maximum Gasteiger partial charge on any atom is 0.332 e. The molecule has 3 fully saturated rings. The van der Waals surface area contributed by atoms with Crippen molar-refractivity contribution in [1.82, 2.24) is 14.7 Å². The maximum atomic E-state index is 13.8. The Hall–Kier alpha value is -3.59. The van der Waals surface area contributed by atoms with Crippen molar-refractivity contribution < 1.29 is 23.9 Å². The number of anilines is 1. The SMILES string of the molecule is COc1ccc(N2C(=O)[C@H]3[C@@H](CCN3C(=O)N3CCOCC3)N(Cc3ccccc3)C2=O)cc1. The Kier molecular flexibility index (Phi) is 6.10. The highest BCUT2D eigenvalue weighted by Crippen LogP contribution is 2.35. The number of rotatable bonds is 4. The van der Waals surface area contributed by atoms with Crippen LogP contribution in [0, 0.1) is 0 Å². The summed E-state index contributed by atoms with van der Waals surface area (Å²) in [7, 11) is 1.56. The summed E-state index contributed by atoms with van der Waals surface area (Å²) in [6.45, 7) is 2.74. The summed E-state index contributed by atoms with van der Waals surface area (Å²) in [6.07, 6.45) is 0.557. The molecule has 0 aliphatic carbocycles. The summed E-state index contributed by atoms with van der Waals surface area (Å²) in [5.41, 5.74) is 1.43. The number of hydrogen-bond donors (Lipinski definition) is 0. The van der Waals surface area contributed by atoms with Gasteiger partial charge in [-0.1, -0.05) is 30.3 Å². The smallest absolute Gasteiger partial charge is 0.332 e. The molecule has 2 aromatic carbocycles. The Bertz CT molecular complexity index is 1050. The number of methoxy groups -OCH3 is 1. The monoisotopic (exact) mass is 464 g/mol. The number of ether oxygens (including phenoxy) is 2. The van der Waals surface area contributed by atoms with Crippen LogP contribution in [0.15, 0.2) is 54.6 Å². The molecule has 9 heteroatoms. The van der Waals surface area contributed by atoms with Crippen LogP contribution < -0.4 is 9.64 Å². The molecule has 0 bridgehead atoms. The third kappa shape index (κ3) is 3.96. The van der Waals surface area contributed by atoms with Crippen LogP contribution >= 0.6 is 0 Å². The Labute approximate surface area is 198 Å². The predicted molar refractivity (Wildman–Crippen MR) is 125 cm³/mol. The summed E-state index contributed by atoms with van der Waals surface area (Å²) >= 11 is 0. The quantitative estimate of drug-likeness (QED) is 0.695. The minimum absolute atomic E-state index is 0.173. The second kappa shape index (κ2) is 9.34. The number of morpholine rings is 1. The summed E-state index contributed by atoms with van der Waals surface area (Å²) in [6, 6.07) is 14.9. The highest BCUT2D eigenvalue weighted by Gasteiger charge is 2.54. The van der Waals surface area contributed by atoms with E-state index in [4.69, 9.17) is 9.47 Å². The van der Waals surface area contributed by atoms with Gasteiger partial charge in [-0.2, -0.15) is 0 Å². The predicted octanol–water partition coefficient (Wildman–Crippen LogP) is 2.56. The molecule has 0 aromatic heterocycles. The van der Waals surface area contributed by atoms with E-state index in [1.54, 1.807) is 46.1 Å². The van der Waals surface area contributed by atoms with Crippen LogP contribution in [-0.2, 0) is 16.1 Å². The number of fused-ring (bicyclic) bond motifs is 1. The fourth-order valence-corrected chi connectivity index (χ4v) is 4.98. The van der Waals surface area contributed by atoms with Gasteiger partial charge in [0.2, 0.25) is 0 Å². The Balaban J connectivity index is 1.49. The number of benzene rings is 2. The molecule has 3 saturated heterocycles. The van der Waals surface area contributed by atoms with E-state index in [2.05, 4.69) is 0 Å². The van der Waals surface area contributed by atoms with E-state index >= 15 is 0 Å². The fraction of sp³-hybridized carbons (Fsp3) is 0.400. The van der Waals surface area contributed by atoms with Gasteiger partial charge in [-0.25, -0.2) is 14.5 Å². The van der Waals surface area contributed by atoms with Crippen molar-refractivity contribution in [2.45, 2.75) is 25.0 Å². The zero-order valence-electron chi connectivity index (χ0n) is 19.1. The van der Waals surface area contributed by atoms with Crippen molar-refractivity contribution in [1.29, 1.82) is 0 Å². The zero-order valence-corrected chi connectivity index (χ0v) is 19.1. The van der Waals surface area contributed by atoms with Gasteiger partial charge in [0.25, 0.3) is 5.91 Å². The van der Waals surface area contributed by atoms with Crippen molar-refractivity contribution in [3.05, 3.63) is 60.2 Å². The molecule has 5 amide bonds. The molecular formula is C25H28N4O5. The molecule has 2 atom stereocenters. The third-order valence-corrected chi connectivity index (χ3v) is 6.73. The van der Waals surface area contributed by atoms with Crippen molar-refractivity contribution in [2.75, 3.05) is 44.9 Å². The van der Waals surface area contributed by atoms with Crippen molar-refractivity contribution in [3.8, 4) is 5.75 Å². The number of hydrogen-bond acceptors (Lipinski definition) is 5. The average molecular weight is 465 g/mol. The van der Waals surface area contributed by atoms with Gasteiger partial charge in [0.15, 0.2) is 0 Å². The lowest BCUT2D eigenvalue weighted by molar-refractivity contribution is -0.124. The van der Waals surface area contributed by atoms with E-state index in [1.807, 2.05) is 30.3 Å². The lowest BCUT2D eigenvalue weighted by atomic mass is 10.0. The number of imide groups is 1. The van der Waals surface area contributed by atoms with E-state index in [1.165, 1.54) is 4.90 Å². The molecule has 0 saturated carbocycles. The Morgan fingerprint density at radius 3 is 2.38 bits per heavy atom. The molecule has 3 aliphatic heterocycles. The van der Waals surface area contributed by atoms with Gasteiger partial charge in [0.05, 0.1) is 32.1 Å². The van der Waals surface area contributed by atoms with E-state index < -0.39 is 6.04 Å². The number of carbonyl (C=O) groups excluding carboxylic acids is 3. The normalized spacial score (nSPS) is 22.7. The van der Waals surface area contributed by atoms with E-state index in [9.17, 15) is 14.4 Å². The highest BCUT2D eigenvalue weighted by molar-refractivity contribution is 6.19.